The van der Waals surface area contributed by atoms with Crippen molar-refractivity contribution in [2.24, 2.45) is 0 Å². The van der Waals surface area contributed by atoms with E-state index in [4.69, 9.17) is 15.2 Å². The molecule has 2 aliphatic rings. The van der Waals surface area contributed by atoms with Crippen molar-refractivity contribution in [1.29, 1.82) is 0 Å². The fraction of sp³-hybridized carbons (Fsp3) is 0.286. The molecular formula is C28H27F2N5O4. The molecule has 0 unspecified atom stereocenters. The van der Waals surface area contributed by atoms with Crippen LogP contribution >= 0.6 is 0 Å². The van der Waals surface area contributed by atoms with Crippen LogP contribution in [-0.4, -0.2) is 53.5 Å². The number of nitrogens with one attached hydrogen (secondary N) is 1. The number of hydrogen-bond acceptors (Lipinski definition) is 7. The Labute approximate surface area is 223 Å². The zero-order chi connectivity index (χ0) is 27.9. The maximum Gasteiger partial charge on any atom is 0.258 e. The Morgan fingerprint density at radius 1 is 1.26 bits per heavy atom. The van der Waals surface area contributed by atoms with E-state index in [1.807, 2.05) is 0 Å². The summed E-state index contributed by atoms with van der Waals surface area (Å²) in [5.41, 5.74) is 7.54. The van der Waals surface area contributed by atoms with Crippen molar-refractivity contribution in [3.8, 4) is 22.8 Å². The molecule has 11 heteroatoms. The third-order valence-electron chi connectivity index (χ3n) is 7.17. The topological polar surface area (TPSA) is 120 Å². The van der Waals surface area contributed by atoms with Gasteiger partial charge in [-0.05, 0) is 55.7 Å². The quantitative estimate of drug-likeness (QED) is 0.418. The van der Waals surface area contributed by atoms with Crippen LogP contribution in [0.1, 0.15) is 34.3 Å². The monoisotopic (exact) mass is 535 g/mol. The molecular weight excluding hydrogens is 508 g/mol. The zero-order valence-corrected chi connectivity index (χ0v) is 21.5. The number of nitrogen functional groups attached to an aromatic ring is 1. The zero-order valence-electron chi connectivity index (χ0n) is 21.5. The summed E-state index contributed by atoms with van der Waals surface area (Å²) in [7, 11) is 1.59. The summed E-state index contributed by atoms with van der Waals surface area (Å²) in [6.45, 7) is 5.86. The van der Waals surface area contributed by atoms with Gasteiger partial charge in [0.05, 0.1) is 18.7 Å². The number of aromatic nitrogens is 2. The first-order chi connectivity index (χ1) is 18.6. The van der Waals surface area contributed by atoms with Crippen LogP contribution in [-0.2, 0) is 10.2 Å². The Morgan fingerprint density at radius 2 is 2.03 bits per heavy atom. The number of carbonyl (C=O) groups excluding carboxylic acids is 2. The van der Waals surface area contributed by atoms with Gasteiger partial charge in [-0.2, -0.15) is 0 Å². The van der Waals surface area contributed by atoms with E-state index >= 15 is 0 Å². The Morgan fingerprint density at radius 3 is 2.74 bits per heavy atom. The molecule has 1 fully saturated rings. The second-order valence-corrected chi connectivity index (χ2v) is 9.73. The van der Waals surface area contributed by atoms with E-state index in [9.17, 15) is 18.4 Å². The molecule has 0 radical (unpaired) electrons. The number of benzene rings is 2. The molecule has 1 aliphatic carbocycles. The van der Waals surface area contributed by atoms with Crippen molar-refractivity contribution in [3.63, 3.8) is 0 Å². The van der Waals surface area contributed by atoms with Crippen LogP contribution in [0.5, 0.6) is 11.5 Å². The molecule has 5 rings (SSSR count). The lowest BCUT2D eigenvalue weighted by atomic mass is 9.96. The molecule has 1 aromatic heterocycles. The van der Waals surface area contributed by atoms with Gasteiger partial charge in [0, 0.05) is 29.3 Å². The van der Waals surface area contributed by atoms with Crippen LogP contribution in [0.25, 0.3) is 11.3 Å². The average Bonchev–Trinajstić information content (AvgIpc) is 3.62. The van der Waals surface area contributed by atoms with E-state index in [0.717, 1.165) is 24.5 Å². The lowest BCUT2D eigenvalue weighted by Gasteiger charge is -2.18. The number of hydrogen-bond donors (Lipinski definition) is 2. The minimum Gasteiger partial charge on any atom is -0.492 e. The molecule has 2 amide bonds. The summed E-state index contributed by atoms with van der Waals surface area (Å²) >= 11 is 0. The van der Waals surface area contributed by atoms with Gasteiger partial charge < -0.3 is 25.4 Å². The molecule has 2 aromatic carbocycles. The second-order valence-electron chi connectivity index (χ2n) is 9.73. The fourth-order valence-corrected chi connectivity index (χ4v) is 4.64. The van der Waals surface area contributed by atoms with Gasteiger partial charge in [-0.25, -0.2) is 18.7 Å². The lowest BCUT2D eigenvalue weighted by Crippen LogP contribution is -2.29. The molecule has 3 N–H and O–H groups in total. The van der Waals surface area contributed by atoms with Gasteiger partial charge in [0.25, 0.3) is 5.91 Å². The number of ether oxygens (including phenoxy) is 2. The molecule has 9 nitrogen and oxygen atoms in total. The first-order valence-corrected chi connectivity index (χ1v) is 12.3. The number of fused-ring (bicyclic) bond motifs is 2. The molecule has 1 spiro atoms. The van der Waals surface area contributed by atoms with Crippen LogP contribution in [0.3, 0.4) is 0 Å². The molecule has 3 aromatic rings. The van der Waals surface area contributed by atoms with Gasteiger partial charge in [0.1, 0.15) is 36.0 Å². The van der Waals surface area contributed by atoms with Gasteiger partial charge in [0.2, 0.25) is 5.91 Å². The number of halogens is 2. The van der Waals surface area contributed by atoms with Gasteiger partial charge in [-0.1, -0.05) is 6.58 Å². The summed E-state index contributed by atoms with van der Waals surface area (Å²) in [6, 6.07) is 5.12. The first kappa shape index (κ1) is 26.1. The molecule has 1 saturated carbocycles. The molecule has 202 valence electrons. The van der Waals surface area contributed by atoms with Gasteiger partial charge in [-0.15, -0.1) is 0 Å². The number of nitrogens with two attached hydrogens (primary N) is 1. The predicted molar refractivity (Wildman–Crippen MR) is 141 cm³/mol. The average molecular weight is 536 g/mol. The third kappa shape index (κ3) is 4.87. The standard InChI is InChI=1S/C28H27F2N5O4/c1-4-23(36)35(3)7-8-38-25-24(32-14-33-26(25)31)17-9-16(29)10-21(15(17)2)34-27(37)18-11-22-19(12-20(18)30)28(5-6-28)13-39-22/h4,9-12,14H,1,5-8,13H2,2-3H3,(H,34,37)(H2,31,32,33). The number of amides is 2. The molecule has 39 heavy (non-hydrogen) atoms. The highest BCUT2D eigenvalue weighted by Crippen LogP contribution is 2.55. The Hall–Kier alpha value is -4.54. The van der Waals surface area contributed by atoms with Gasteiger partial charge in [0.15, 0.2) is 11.6 Å². The lowest BCUT2D eigenvalue weighted by molar-refractivity contribution is -0.125. The summed E-state index contributed by atoms with van der Waals surface area (Å²) in [6.07, 6.45) is 4.25. The first-order valence-electron chi connectivity index (χ1n) is 12.3. The largest absolute Gasteiger partial charge is 0.492 e. The van der Waals surface area contributed by atoms with Gasteiger partial charge >= 0.3 is 0 Å². The fourth-order valence-electron chi connectivity index (χ4n) is 4.64. The number of rotatable bonds is 8. The summed E-state index contributed by atoms with van der Waals surface area (Å²) < 4.78 is 41.3. The van der Waals surface area contributed by atoms with Crippen LogP contribution in [0, 0.1) is 18.6 Å². The van der Waals surface area contributed by atoms with Crippen LogP contribution < -0.4 is 20.5 Å². The molecule has 1 aliphatic heterocycles. The molecule has 0 saturated heterocycles. The highest BCUT2D eigenvalue weighted by Gasteiger charge is 2.51. The Kier molecular flexibility index (Phi) is 6.67. The van der Waals surface area contributed by atoms with Crippen molar-refractivity contribution in [3.05, 3.63) is 71.6 Å². The van der Waals surface area contributed by atoms with Crippen molar-refractivity contribution < 1.29 is 27.8 Å². The normalized spacial score (nSPS) is 14.4. The predicted octanol–water partition coefficient (Wildman–Crippen LogP) is 4.01. The SMILES string of the molecule is C=CC(=O)N(C)CCOc1c(N)ncnc1-c1cc(F)cc(NC(=O)c2cc3c(cc2F)C2(CC2)CO3)c1C. The maximum atomic E-state index is 15.0. The minimum absolute atomic E-state index is 0.0144. The van der Waals surface area contributed by atoms with E-state index in [-0.39, 0.29) is 53.0 Å². The van der Waals surface area contributed by atoms with Gasteiger partial charge in [-0.3, -0.25) is 9.59 Å². The van der Waals surface area contributed by atoms with Crippen molar-refractivity contribution in [2.75, 3.05) is 37.9 Å². The molecule has 2 heterocycles. The highest BCUT2D eigenvalue weighted by molar-refractivity contribution is 6.05. The number of nitrogens with zero attached hydrogens (tertiary/aromatic N) is 3. The van der Waals surface area contributed by atoms with Crippen LogP contribution in [0.2, 0.25) is 0 Å². The van der Waals surface area contributed by atoms with E-state index < -0.39 is 17.5 Å². The van der Waals surface area contributed by atoms with Crippen molar-refractivity contribution in [1.82, 2.24) is 14.9 Å². The number of anilines is 2. The smallest absolute Gasteiger partial charge is 0.258 e. The Balaban J connectivity index is 1.42. The summed E-state index contributed by atoms with van der Waals surface area (Å²) in [5, 5.41) is 2.61. The number of carbonyl (C=O) groups is 2. The number of likely N-dealkylation sites (N-methyl/N-ethyl adjacent to an activating group) is 1. The maximum absolute atomic E-state index is 15.0. The molecule has 0 atom stereocenters. The van der Waals surface area contributed by atoms with E-state index in [1.165, 1.54) is 35.5 Å². The summed E-state index contributed by atoms with van der Waals surface area (Å²) in [4.78, 5) is 34.4. The van der Waals surface area contributed by atoms with Crippen molar-refractivity contribution in [2.45, 2.75) is 25.2 Å². The highest BCUT2D eigenvalue weighted by atomic mass is 19.1. The van der Waals surface area contributed by atoms with Crippen LogP contribution in [0.4, 0.5) is 20.3 Å². The van der Waals surface area contributed by atoms with Crippen LogP contribution in [0.15, 0.2) is 43.2 Å². The van der Waals surface area contributed by atoms with E-state index in [1.54, 1.807) is 14.0 Å². The Bertz CT molecular complexity index is 1510. The molecule has 0 bridgehead atoms. The van der Waals surface area contributed by atoms with E-state index in [2.05, 4.69) is 21.9 Å². The third-order valence-corrected chi connectivity index (χ3v) is 7.17. The summed E-state index contributed by atoms with van der Waals surface area (Å²) in [5.74, 6) is -1.76. The minimum atomic E-state index is -0.746. The van der Waals surface area contributed by atoms with E-state index in [0.29, 0.717) is 23.5 Å². The second kappa shape index (κ2) is 9.97. The van der Waals surface area contributed by atoms with Crippen molar-refractivity contribution >= 4 is 23.3 Å².